The van der Waals surface area contributed by atoms with E-state index in [9.17, 15) is 4.39 Å². The number of aryl methyl sites for hydroxylation is 1. The van der Waals surface area contributed by atoms with Crippen molar-refractivity contribution in [2.24, 2.45) is 5.92 Å². The summed E-state index contributed by atoms with van der Waals surface area (Å²) < 4.78 is 18.6. The molecule has 0 fully saturated rings. The standard InChI is InChI=1S/C12H12FNO/c1-8(7-14)11-4-2-9-6-10(13)3-5-12(9)15-11/h3,5-6,8,11H,2,4H2,1H3/t8-,11-/m1/s1. The summed E-state index contributed by atoms with van der Waals surface area (Å²) in [6, 6.07) is 6.71. The van der Waals surface area contributed by atoms with Crippen LogP contribution in [0.2, 0.25) is 0 Å². The summed E-state index contributed by atoms with van der Waals surface area (Å²) >= 11 is 0. The number of hydrogen-bond donors (Lipinski definition) is 0. The second-order valence-corrected chi connectivity index (χ2v) is 3.86. The zero-order valence-electron chi connectivity index (χ0n) is 8.53. The van der Waals surface area contributed by atoms with Gasteiger partial charge in [0.15, 0.2) is 0 Å². The topological polar surface area (TPSA) is 33.0 Å². The van der Waals surface area contributed by atoms with Crippen LogP contribution >= 0.6 is 0 Å². The third kappa shape index (κ3) is 1.94. The summed E-state index contributed by atoms with van der Waals surface area (Å²) in [6.07, 6.45) is 1.50. The van der Waals surface area contributed by atoms with Crippen LogP contribution in [0.15, 0.2) is 18.2 Å². The van der Waals surface area contributed by atoms with Crippen molar-refractivity contribution >= 4 is 0 Å². The molecule has 0 N–H and O–H groups in total. The Morgan fingerprint density at radius 2 is 2.40 bits per heavy atom. The summed E-state index contributed by atoms with van der Waals surface area (Å²) in [5.41, 5.74) is 0.899. The molecular weight excluding hydrogens is 193 g/mol. The molecule has 1 aromatic rings. The number of halogens is 1. The first-order valence-corrected chi connectivity index (χ1v) is 5.05. The lowest BCUT2D eigenvalue weighted by Gasteiger charge is -2.27. The normalized spacial score (nSPS) is 21.0. The average Bonchev–Trinajstić information content (AvgIpc) is 2.27. The maximum Gasteiger partial charge on any atom is 0.123 e. The first kappa shape index (κ1) is 9.97. The molecule has 1 aliphatic heterocycles. The van der Waals surface area contributed by atoms with Crippen LogP contribution in [0, 0.1) is 23.1 Å². The zero-order valence-corrected chi connectivity index (χ0v) is 8.53. The predicted molar refractivity (Wildman–Crippen MR) is 53.9 cm³/mol. The summed E-state index contributed by atoms with van der Waals surface area (Å²) in [5, 5.41) is 8.79. The molecule has 1 aromatic carbocycles. The minimum Gasteiger partial charge on any atom is -0.489 e. The van der Waals surface area contributed by atoms with Crippen LogP contribution in [0.5, 0.6) is 5.75 Å². The molecule has 0 aromatic heterocycles. The van der Waals surface area contributed by atoms with Gasteiger partial charge in [-0.25, -0.2) is 4.39 Å². The number of nitrogens with zero attached hydrogens (tertiary/aromatic N) is 1. The minimum atomic E-state index is -0.232. The Bertz CT molecular complexity index is 411. The quantitative estimate of drug-likeness (QED) is 0.706. The highest BCUT2D eigenvalue weighted by molar-refractivity contribution is 5.36. The Hall–Kier alpha value is -1.56. The lowest BCUT2D eigenvalue weighted by atomic mass is 9.95. The van der Waals surface area contributed by atoms with Crippen molar-refractivity contribution in [1.82, 2.24) is 0 Å². The van der Waals surface area contributed by atoms with Crippen molar-refractivity contribution in [3.8, 4) is 11.8 Å². The number of fused-ring (bicyclic) bond motifs is 1. The van der Waals surface area contributed by atoms with Crippen molar-refractivity contribution in [3.63, 3.8) is 0 Å². The van der Waals surface area contributed by atoms with Gasteiger partial charge in [0.2, 0.25) is 0 Å². The molecule has 3 heteroatoms. The van der Waals surface area contributed by atoms with Crippen molar-refractivity contribution in [2.45, 2.75) is 25.9 Å². The number of benzene rings is 1. The van der Waals surface area contributed by atoms with E-state index in [0.29, 0.717) is 0 Å². The van der Waals surface area contributed by atoms with Gasteiger partial charge in [-0.3, -0.25) is 0 Å². The first-order chi connectivity index (χ1) is 7.20. The monoisotopic (exact) mass is 205 g/mol. The van der Waals surface area contributed by atoms with Crippen LogP contribution in [-0.4, -0.2) is 6.10 Å². The van der Waals surface area contributed by atoms with Crippen LogP contribution in [0.1, 0.15) is 18.9 Å². The molecule has 0 saturated heterocycles. The first-order valence-electron chi connectivity index (χ1n) is 5.05. The molecule has 0 bridgehead atoms. The number of hydrogen-bond acceptors (Lipinski definition) is 2. The van der Waals surface area contributed by atoms with E-state index in [1.165, 1.54) is 12.1 Å². The lowest BCUT2D eigenvalue weighted by Crippen LogP contribution is -2.28. The highest BCUT2D eigenvalue weighted by atomic mass is 19.1. The Morgan fingerprint density at radius 1 is 1.60 bits per heavy atom. The molecule has 2 nitrogen and oxygen atoms in total. The van der Waals surface area contributed by atoms with Gasteiger partial charge in [-0.15, -0.1) is 0 Å². The van der Waals surface area contributed by atoms with Gasteiger partial charge in [0.25, 0.3) is 0 Å². The Balaban J connectivity index is 2.21. The second kappa shape index (κ2) is 3.90. The van der Waals surface area contributed by atoms with E-state index in [2.05, 4.69) is 6.07 Å². The highest BCUT2D eigenvalue weighted by Crippen LogP contribution is 2.30. The number of ether oxygens (including phenoxy) is 1. The van der Waals surface area contributed by atoms with Crippen LogP contribution in [0.3, 0.4) is 0 Å². The maximum absolute atomic E-state index is 12.9. The Morgan fingerprint density at radius 3 is 3.13 bits per heavy atom. The molecule has 78 valence electrons. The third-order valence-electron chi connectivity index (χ3n) is 2.76. The van der Waals surface area contributed by atoms with E-state index in [0.717, 1.165) is 24.2 Å². The van der Waals surface area contributed by atoms with Gasteiger partial charge >= 0.3 is 0 Å². The van der Waals surface area contributed by atoms with Gasteiger partial charge in [0.1, 0.15) is 17.7 Å². The molecule has 1 aliphatic rings. The Labute approximate surface area is 88.3 Å². The number of nitriles is 1. The SMILES string of the molecule is C[C@H](C#N)[C@H]1CCc2cc(F)ccc2O1. The predicted octanol–water partition coefficient (Wildman–Crippen LogP) is 2.68. The molecule has 15 heavy (non-hydrogen) atoms. The van der Waals surface area contributed by atoms with Gasteiger partial charge in [-0.1, -0.05) is 0 Å². The van der Waals surface area contributed by atoms with Crippen LogP contribution < -0.4 is 4.74 Å². The summed E-state index contributed by atoms with van der Waals surface area (Å²) in [4.78, 5) is 0. The molecule has 1 heterocycles. The third-order valence-corrected chi connectivity index (χ3v) is 2.76. The van der Waals surface area contributed by atoms with Crippen molar-refractivity contribution < 1.29 is 9.13 Å². The number of rotatable bonds is 1. The molecule has 0 unspecified atom stereocenters. The van der Waals surface area contributed by atoms with Crippen molar-refractivity contribution in [1.29, 1.82) is 5.26 Å². The van der Waals surface area contributed by atoms with Crippen molar-refractivity contribution in [2.75, 3.05) is 0 Å². The maximum atomic E-state index is 12.9. The average molecular weight is 205 g/mol. The van der Waals surface area contributed by atoms with Crippen molar-refractivity contribution in [3.05, 3.63) is 29.6 Å². The summed E-state index contributed by atoms with van der Waals surface area (Å²) in [7, 11) is 0. The van der Waals surface area contributed by atoms with E-state index in [-0.39, 0.29) is 17.8 Å². The van der Waals surface area contributed by atoms with Gasteiger partial charge in [0.05, 0.1) is 12.0 Å². The molecule has 0 radical (unpaired) electrons. The van der Waals surface area contributed by atoms with E-state index in [1.807, 2.05) is 6.92 Å². The molecule has 2 atom stereocenters. The van der Waals surface area contributed by atoms with Gasteiger partial charge in [-0.2, -0.15) is 5.26 Å². The second-order valence-electron chi connectivity index (χ2n) is 3.86. The fraction of sp³-hybridized carbons (Fsp3) is 0.417. The lowest BCUT2D eigenvalue weighted by molar-refractivity contribution is 0.141. The smallest absolute Gasteiger partial charge is 0.123 e. The zero-order chi connectivity index (χ0) is 10.8. The van der Waals surface area contributed by atoms with Crippen LogP contribution in [0.25, 0.3) is 0 Å². The summed E-state index contributed by atoms with van der Waals surface area (Å²) in [5.74, 6) is 0.363. The van der Waals surface area contributed by atoms with E-state index >= 15 is 0 Å². The minimum absolute atomic E-state index is 0.0621. The molecule has 2 rings (SSSR count). The molecule has 0 saturated carbocycles. The molecular formula is C12H12FNO. The summed E-state index contributed by atoms with van der Waals surface area (Å²) in [6.45, 7) is 1.85. The van der Waals surface area contributed by atoms with Gasteiger partial charge < -0.3 is 4.74 Å². The van der Waals surface area contributed by atoms with E-state index in [1.54, 1.807) is 6.07 Å². The van der Waals surface area contributed by atoms with Gasteiger partial charge in [-0.05, 0) is 43.5 Å². The van der Waals surface area contributed by atoms with Gasteiger partial charge in [0, 0.05) is 0 Å². The fourth-order valence-corrected chi connectivity index (χ4v) is 1.81. The van der Waals surface area contributed by atoms with Crippen LogP contribution in [0.4, 0.5) is 4.39 Å². The molecule has 0 aliphatic carbocycles. The largest absolute Gasteiger partial charge is 0.489 e. The van der Waals surface area contributed by atoms with E-state index < -0.39 is 0 Å². The molecule has 0 amide bonds. The highest BCUT2D eigenvalue weighted by Gasteiger charge is 2.24. The van der Waals surface area contributed by atoms with Crippen LogP contribution in [-0.2, 0) is 6.42 Å². The molecule has 0 spiro atoms. The van der Waals surface area contributed by atoms with E-state index in [4.69, 9.17) is 10.00 Å². The Kier molecular flexibility index (Phi) is 2.59. The fourth-order valence-electron chi connectivity index (χ4n) is 1.81.